The van der Waals surface area contributed by atoms with Gasteiger partial charge in [-0.05, 0) is 66.7 Å². The first kappa shape index (κ1) is 25.4. The number of carbonyl (C=O) groups is 2. The van der Waals surface area contributed by atoms with Crippen molar-refractivity contribution in [1.29, 1.82) is 0 Å². The van der Waals surface area contributed by atoms with Crippen LogP contribution in [0.2, 0.25) is 10.0 Å². The maximum Gasteiger partial charge on any atom is 0.261 e. The second-order valence-electron chi connectivity index (χ2n) is 7.56. The third kappa shape index (κ3) is 5.57. The van der Waals surface area contributed by atoms with E-state index in [-0.39, 0.29) is 43.0 Å². The summed E-state index contributed by atoms with van der Waals surface area (Å²) in [6.07, 6.45) is 0. The molecule has 1 amide bonds. The largest absolute Gasteiger partial charge is 0.321 e. The van der Waals surface area contributed by atoms with Crippen LogP contribution in [0.1, 0.15) is 26.3 Å². The zero-order valence-electron chi connectivity index (χ0n) is 18.3. The number of amides is 1. The number of benzene rings is 4. The van der Waals surface area contributed by atoms with Crippen LogP contribution in [0.25, 0.3) is 0 Å². The minimum Gasteiger partial charge on any atom is -0.321 e. The van der Waals surface area contributed by atoms with E-state index in [1.165, 1.54) is 30.3 Å². The number of ketones is 1. The number of hydrogen-bond donors (Lipinski definition) is 2. The number of anilines is 2. The molecule has 10 heteroatoms. The average molecular weight is 543 g/mol. The molecule has 2 N–H and O–H groups in total. The van der Waals surface area contributed by atoms with E-state index in [2.05, 4.69) is 10.0 Å². The molecule has 4 aromatic rings. The number of nitrogens with one attached hydrogen (secondary N) is 2. The van der Waals surface area contributed by atoms with Crippen molar-refractivity contribution >= 4 is 56.3 Å². The normalized spacial score (nSPS) is 11.1. The van der Waals surface area contributed by atoms with Gasteiger partial charge in [0.2, 0.25) is 0 Å². The van der Waals surface area contributed by atoms with Gasteiger partial charge in [-0.1, -0.05) is 47.5 Å². The molecule has 6 nitrogen and oxygen atoms in total. The Balaban J connectivity index is 1.65. The Morgan fingerprint density at radius 2 is 1.36 bits per heavy atom. The summed E-state index contributed by atoms with van der Waals surface area (Å²) in [6, 6.07) is 21.0. The van der Waals surface area contributed by atoms with Crippen molar-refractivity contribution in [2.45, 2.75) is 4.90 Å². The Morgan fingerprint density at radius 3 is 2.06 bits per heavy atom. The van der Waals surface area contributed by atoms with E-state index >= 15 is 0 Å². The molecule has 36 heavy (non-hydrogen) atoms. The van der Waals surface area contributed by atoms with Crippen molar-refractivity contribution in [3.05, 3.63) is 124 Å². The molecular formula is C26H17Cl2FN2O4S. The third-order valence-electron chi connectivity index (χ3n) is 5.13. The summed E-state index contributed by atoms with van der Waals surface area (Å²) in [7, 11) is -4.11. The molecule has 0 heterocycles. The predicted octanol–water partition coefficient (Wildman–Crippen LogP) is 6.42. The van der Waals surface area contributed by atoms with E-state index in [0.717, 1.165) is 24.3 Å². The summed E-state index contributed by atoms with van der Waals surface area (Å²) in [6.45, 7) is 0. The first-order chi connectivity index (χ1) is 17.2. The Morgan fingerprint density at radius 1 is 0.722 bits per heavy atom. The van der Waals surface area contributed by atoms with Gasteiger partial charge in [0, 0.05) is 16.1 Å². The quantitative estimate of drug-likeness (QED) is 0.263. The van der Waals surface area contributed by atoms with Crippen molar-refractivity contribution in [3.63, 3.8) is 0 Å². The summed E-state index contributed by atoms with van der Waals surface area (Å²) < 4.78 is 41.1. The van der Waals surface area contributed by atoms with E-state index in [1.807, 2.05) is 0 Å². The summed E-state index contributed by atoms with van der Waals surface area (Å²) >= 11 is 12.3. The summed E-state index contributed by atoms with van der Waals surface area (Å²) in [5, 5.41) is 3.16. The van der Waals surface area contributed by atoms with Crippen LogP contribution in [0.5, 0.6) is 0 Å². The van der Waals surface area contributed by atoms with Gasteiger partial charge < -0.3 is 5.32 Å². The topological polar surface area (TPSA) is 92.3 Å². The van der Waals surface area contributed by atoms with Crippen LogP contribution in [0.3, 0.4) is 0 Å². The predicted molar refractivity (Wildman–Crippen MR) is 138 cm³/mol. The van der Waals surface area contributed by atoms with E-state index in [0.29, 0.717) is 0 Å². The summed E-state index contributed by atoms with van der Waals surface area (Å²) in [5.41, 5.74) is 0.477. The maximum atomic E-state index is 13.2. The molecule has 0 fully saturated rings. The standard InChI is InChI=1S/C26H17Cl2FN2O4S/c27-16-9-14-23(21(15-16)25(32)19-5-1-3-7-22(19)28)30-26(33)20-6-2-4-8-24(20)31-36(34,35)18-12-10-17(29)11-13-18/h1-15,31H,(H,30,33). The van der Waals surface area contributed by atoms with E-state index in [4.69, 9.17) is 23.2 Å². The molecule has 0 saturated heterocycles. The molecule has 182 valence electrons. The van der Waals surface area contributed by atoms with Crippen molar-refractivity contribution < 1.29 is 22.4 Å². The molecule has 4 aromatic carbocycles. The van der Waals surface area contributed by atoms with Crippen LogP contribution < -0.4 is 10.0 Å². The molecule has 0 aromatic heterocycles. The minimum atomic E-state index is -4.11. The number of hydrogen-bond acceptors (Lipinski definition) is 4. The van der Waals surface area contributed by atoms with E-state index in [1.54, 1.807) is 36.4 Å². The van der Waals surface area contributed by atoms with Crippen LogP contribution >= 0.6 is 23.2 Å². The van der Waals surface area contributed by atoms with Gasteiger partial charge >= 0.3 is 0 Å². The zero-order chi connectivity index (χ0) is 25.9. The molecule has 0 radical (unpaired) electrons. The second-order valence-corrected chi connectivity index (χ2v) is 10.1. The molecule has 0 bridgehead atoms. The highest BCUT2D eigenvalue weighted by Crippen LogP contribution is 2.28. The Kier molecular flexibility index (Phi) is 7.40. The van der Waals surface area contributed by atoms with Crippen LogP contribution in [0, 0.1) is 5.82 Å². The van der Waals surface area contributed by atoms with Gasteiger partial charge in [0.1, 0.15) is 5.82 Å². The molecule has 0 spiro atoms. The molecule has 0 aliphatic heterocycles. The van der Waals surface area contributed by atoms with Gasteiger partial charge in [-0.3, -0.25) is 14.3 Å². The Labute approximate surface area is 216 Å². The van der Waals surface area contributed by atoms with Gasteiger partial charge in [-0.25, -0.2) is 12.8 Å². The monoisotopic (exact) mass is 542 g/mol. The fraction of sp³-hybridized carbons (Fsp3) is 0. The third-order valence-corrected chi connectivity index (χ3v) is 7.08. The van der Waals surface area contributed by atoms with Crippen LogP contribution in [0.4, 0.5) is 15.8 Å². The molecule has 4 rings (SSSR count). The molecule has 0 aliphatic rings. The lowest BCUT2D eigenvalue weighted by Crippen LogP contribution is -2.19. The number of rotatable bonds is 7. The Hall–Kier alpha value is -3.72. The van der Waals surface area contributed by atoms with E-state index < -0.39 is 27.5 Å². The summed E-state index contributed by atoms with van der Waals surface area (Å²) in [4.78, 5) is 26.2. The van der Waals surface area contributed by atoms with Crippen LogP contribution in [-0.2, 0) is 10.0 Å². The molecular weight excluding hydrogens is 526 g/mol. The fourth-order valence-corrected chi connectivity index (χ4v) is 4.85. The molecule has 0 unspecified atom stereocenters. The SMILES string of the molecule is O=C(Nc1ccc(Cl)cc1C(=O)c1ccccc1Cl)c1ccccc1NS(=O)(=O)c1ccc(F)cc1. The number of sulfonamides is 1. The molecule has 0 saturated carbocycles. The van der Waals surface area contributed by atoms with Crippen molar-refractivity contribution in [3.8, 4) is 0 Å². The van der Waals surface area contributed by atoms with Crippen molar-refractivity contribution in [2.24, 2.45) is 0 Å². The first-order valence-electron chi connectivity index (χ1n) is 10.4. The number of para-hydroxylation sites is 1. The summed E-state index contributed by atoms with van der Waals surface area (Å²) in [5.74, 6) is -1.72. The highest BCUT2D eigenvalue weighted by atomic mass is 35.5. The van der Waals surface area contributed by atoms with Crippen molar-refractivity contribution in [1.82, 2.24) is 0 Å². The molecule has 0 aliphatic carbocycles. The lowest BCUT2D eigenvalue weighted by Gasteiger charge is -2.15. The molecule has 0 atom stereocenters. The van der Waals surface area contributed by atoms with Gasteiger partial charge in [0.05, 0.1) is 26.9 Å². The maximum absolute atomic E-state index is 13.2. The Bertz CT molecular complexity index is 1580. The van der Waals surface area contributed by atoms with Crippen LogP contribution in [-0.4, -0.2) is 20.1 Å². The van der Waals surface area contributed by atoms with Crippen molar-refractivity contribution in [2.75, 3.05) is 10.0 Å². The highest BCUT2D eigenvalue weighted by molar-refractivity contribution is 7.92. The highest BCUT2D eigenvalue weighted by Gasteiger charge is 2.22. The van der Waals surface area contributed by atoms with Gasteiger partial charge in [-0.2, -0.15) is 0 Å². The number of carbonyl (C=O) groups excluding carboxylic acids is 2. The van der Waals surface area contributed by atoms with Gasteiger partial charge in [0.15, 0.2) is 5.78 Å². The van der Waals surface area contributed by atoms with E-state index in [9.17, 15) is 22.4 Å². The van der Waals surface area contributed by atoms with Crippen LogP contribution in [0.15, 0.2) is 95.9 Å². The first-order valence-corrected chi connectivity index (χ1v) is 12.7. The fourth-order valence-electron chi connectivity index (χ4n) is 3.38. The van der Waals surface area contributed by atoms with Gasteiger partial charge in [-0.15, -0.1) is 0 Å². The number of halogens is 3. The van der Waals surface area contributed by atoms with Gasteiger partial charge in [0.25, 0.3) is 15.9 Å². The smallest absolute Gasteiger partial charge is 0.261 e. The average Bonchev–Trinajstić information content (AvgIpc) is 2.85. The zero-order valence-corrected chi connectivity index (χ0v) is 20.7. The second kappa shape index (κ2) is 10.5. The lowest BCUT2D eigenvalue weighted by molar-refractivity contribution is 0.102. The minimum absolute atomic E-state index is 0.00530. The lowest BCUT2D eigenvalue weighted by atomic mass is 10.0.